The second-order valence-corrected chi connectivity index (χ2v) is 7.38. The maximum Gasteiger partial charge on any atom is 0.308 e. The fourth-order valence-corrected chi connectivity index (χ4v) is 4.23. The third-order valence-electron chi connectivity index (χ3n) is 5.90. The molecule has 5 heteroatoms. The van der Waals surface area contributed by atoms with E-state index in [9.17, 15) is 10.1 Å². The Morgan fingerprint density at radius 1 is 1.12 bits per heavy atom. The van der Waals surface area contributed by atoms with Crippen molar-refractivity contribution in [2.24, 2.45) is 5.92 Å². The lowest BCUT2D eigenvalue weighted by Gasteiger charge is -2.34. The molecular weight excluding hydrogens is 330 g/mol. The van der Waals surface area contributed by atoms with Gasteiger partial charge in [-0.25, -0.2) is 0 Å². The van der Waals surface area contributed by atoms with Crippen LogP contribution in [-0.4, -0.2) is 26.3 Å². The van der Waals surface area contributed by atoms with Gasteiger partial charge in [-0.2, -0.15) is 5.26 Å². The minimum atomic E-state index is -0.579. The van der Waals surface area contributed by atoms with E-state index in [1.165, 1.54) is 20.0 Å². The zero-order valence-electron chi connectivity index (χ0n) is 15.6. The second kappa shape index (κ2) is 7.99. The van der Waals surface area contributed by atoms with Crippen LogP contribution < -0.4 is 9.47 Å². The summed E-state index contributed by atoms with van der Waals surface area (Å²) in [5.74, 6) is 1.16. The van der Waals surface area contributed by atoms with Gasteiger partial charge in [0.15, 0.2) is 11.5 Å². The van der Waals surface area contributed by atoms with Crippen LogP contribution in [0.2, 0.25) is 0 Å². The Morgan fingerprint density at radius 3 is 2.38 bits per heavy atom. The first-order valence-corrected chi connectivity index (χ1v) is 9.46. The summed E-state index contributed by atoms with van der Waals surface area (Å²) in [6.07, 6.45) is 7.41. The molecule has 0 radical (unpaired) electrons. The lowest BCUT2D eigenvalue weighted by Crippen LogP contribution is -2.33. The van der Waals surface area contributed by atoms with Gasteiger partial charge in [0.25, 0.3) is 0 Å². The summed E-state index contributed by atoms with van der Waals surface area (Å²) in [5.41, 5.74) is 0.377. The predicted octanol–water partition coefficient (Wildman–Crippen LogP) is 4.14. The highest BCUT2D eigenvalue weighted by Crippen LogP contribution is 2.44. The van der Waals surface area contributed by atoms with Crippen molar-refractivity contribution in [3.8, 4) is 17.6 Å². The Kier molecular flexibility index (Phi) is 5.70. The van der Waals surface area contributed by atoms with Gasteiger partial charge in [0.1, 0.15) is 0 Å². The van der Waals surface area contributed by atoms with Crippen molar-refractivity contribution in [3.05, 3.63) is 23.8 Å². The number of rotatable bonds is 5. The molecule has 26 heavy (non-hydrogen) atoms. The average molecular weight is 357 g/mol. The molecule has 0 aliphatic heterocycles. The largest absolute Gasteiger partial charge is 0.493 e. The van der Waals surface area contributed by atoms with E-state index < -0.39 is 5.41 Å². The number of carbonyl (C=O) groups excluding carboxylic acids is 1. The number of methoxy groups -OCH3 is 2. The number of benzene rings is 1. The predicted molar refractivity (Wildman–Crippen MR) is 97.1 cm³/mol. The molecule has 1 aromatic rings. The molecule has 0 aromatic heterocycles. The number of nitrogens with zero attached hydrogens (tertiary/aromatic N) is 1. The van der Waals surface area contributed by atoms with E-state index >= 15 is 0 Å². The van der Waals surface area contributed by atoms with Crippen LogP contribution in [0.3, 0.4) is 0 Å². The van der Waals surface area contributed by atoms with Crippen molar-refractivity contribution in [2.45, 2.75) is 62.9 Å². The molecule has 0 saturated heterocycles. The van der Waals surface area contributed by atoms with Crippen LogP contribution in [0.1, 0.15) is 56.9 Å². The van der Waals surface area contributed by atoms with E-state index in [2.05, 4.69) is 6.07 Å². The van der Waals surface area contributed by atoms with Gasteiger partial charge < -0.3 is 14.2 Å². The lowest BCUT2D eigenvalue weighted by molar-refractivity contribution is -0.146. The highest BCUT2D eigenvalue weighted by molar-refractivity contribution is 5.72. The van der Waals surface area contributed by atoms with E-state index in [1.54, 1.807) is 7.11 Å². The lowest BCUT2D eigenvalue weighted by atomic mass is 9.67. The van der Waals surface area contributed by atoms with Crippen molar-refractivity contribution in [1.29, 1.82) is 5.26 Å². The van der Waals surface area contributed by atoms with Crippen molar-refractivity contribution < 1.29 is 19.0 Å². The van der Waals surface area contributed by atoms with E-state index in [0.717, 1.165) is 24.2 Å². The third kappa shape index (κ3) is 3.65. The fourth-order valence-electron chi connectivity index (χ4n) is 4.23. The number of hydrogen-bond donors (Lipinski definition) is 0. The van der Waals surface area contributed by atoms with Gasteiger partial charge in [0.2, 0.25) is 0 Å². The Hall–Kier alpha value is -2.22. The third-order valence-corrected chi connectivity index (χ3v) is 5.90. The second-order valence-electron chi connectivity index (χ2n) is 7.38. The molecule has 2 aliphatic rings. The molecule has 1 aromatic carbocycles. The standard InChI is InChI=1S/C21H27NO4/c1-24-18-8-7-16(13-19(18)26-17-5-3-4-6-17)21(14-22)11-9-15(10-12-21)20(23)25-2/h7-8,13,15,17H,3-6,9-12H2,1-2H3/t15-,21-. The van der Waals surface area contributed by atoms with Crippen molar-refractivity contribution >= 4 is 5.97 Å². The highest BCUT2D eigenvalue weighted by Gasteiger charge is 2.40. The normalized spacial score (nSPS) is 26.1. The van der Waals surface area contributed by atoms with Crippen molar-refractivity contribution in [1.82, 2.24) is 0 Å². The van der Waals surface area contributed by atoms with E-state index in [0.29, 0.717) is 31.4 Å². The minimum Gasteiger partial charge on any atom is -0.493 e. The number of ether oxygens (including phenoxy) is 3. The molecule has 2 saturated carbocycles. The maximum atomic E-state index is 11.8. The van der Waals surface area contributed by atoms with Crippen LogP contribution in [0.25, 0.3) is 0 Å². The van der Waals surface area contributed by atoms with Gasteiger partial charge in [-0.1, -0.05) is 6.07 Å². The Labute approximate surface area is 155 Å². The van der Waals surface area contributed by atoms with Crippen molar-refractivity contribution in [2.75, 3.05) is 14.2 Å². The van der Waals surface area contributed by atoms with Crippen LogP contribution in [0, 0.1) is 17.2 Å². The SMILES string of the molecule is COc1ccc([C@]2(C#N)CC[C@@H](C(=O)OC)CC2)cc1OC1CCCC1. The van der Waals surface area contributed by atoms with Crippen LogP contribution in [0.5, 0.6) is 11.5 Å². The van der Waals surface area contributed by atoms with Crippen LogP contribution in [-0.2, 0) is 14.9 Å². The molecule has 0 N–H and O–H groups in total. The molecule has 0 spiro atoms. The molecule has 2 aliphatic carbocycles. The molecule has 0 heterocycles. The van der Waals surface area contributed by atoms with Gasteiger partial charge in [-0.3, -0.25) is 4.79 Å². The van der Waals surface area contributed by atoms with Gasteiger partial charge in [0, 0.05) is 0 Å². The molecule has 2 fully saturated rings. The van der Waals surface area contributed by atoms with Crippen LogP contribution in [0.15, 0.2) is 18.2 Å². The Bertz CT molecular complexity index is 680. The molecular formula is C21H27NO4. The molecule has 0 amide bonds. The zero-order valence-corrected chi connectivity index (χ0v) is 15.6. The first-order chi connectivity index (χ1) is 12.6. The van der Waals surface area contributed by atoms with Crippen LogP contribution >= 0.6 is 0 Å². The Morgan fingerprint density at radius 2 is 1.81 bits per heavy atom. The van der Waals surface area contributed by atoms with Gasteiger partial charge in [0.05, 0.1) is 37.7 Å². The number of carbonyl (C=O) groups is 1. The first kappa shape index (κ1) is 18.6. The first-order valence-electron chi connectivity index (χ1n) is 9.46. The Balaban J connectivity index is 1.82. The number of esters is 1. The quantitative estimate of drug-likeness (QED) is 0.741. The molecule has 140 valence electrons. The average Bonchev–Trinajstić information content (AvgIpc) is 3.20. The van der Waals surface area contributed by atoms with Gasteiger partial charge >= 0.3 is 5.97 Å². The topological polar surface area (TPSA) is 68.5 Å². The summed E-state index contributed by atoms with van der Waals surface area (Å²) < 4.78 is 16.5. The van der Waals surface area contributed by atoms with E-state index in [1.807, 2.05) is 18.2 Å². The van der Waals surface area contributed by atoms with Crippen LogP contribution in [0.4, 0.5) is 0 Å². The zero-order chi connectivity index (χ0) is 18.6. The molecule has 0 atom stereocenters. The highest BCUT2D eigenvalue weighted by atomic mass is 16.5. The maximum absolute atomic E-state index is 11.8. The monoisotopic (exact) mass is 357 g/mol. The summed E-state index contributed by atoms with van der Waals surface area (Å²) in [5, 5.41) is 9.94. The van der Waals surface area contributed by atoms with E-state index in [4.69, 9.17) is 14.2 Å². The van der Waals surface area contributed by atoms with E-state index in [-0.39, 0.29) is 18.0 Å². The molecule has 5 nitrogen and oxygen atoms in total. The molecule has 3 rings (SSSR count). The number of hydrogen-bond acceptors (Lipinski definition) is 5. The van der Waals surface area contributed by atoms with Gasteiger partial charge in [-0.05, 0) is 69.1 Å². The van der Waals surface area contributed by atoms with Gasteiger partial charge in [-0.15, -0.1) is 0 Å². The molecule has 0 bridgehead atoms. The molecule has 0 unspecified atom stereocenters. The fraction of sp³-hybridized carbons (Fsp3) is 0.619. The summed E-state index contributed by atoms with van der Waals surface area (Å²) in [6.45, 7) is 0. The summed E-state index contributed by atoms with van der Waals surface area (Å²) >= 11 is 0. The van der Waals surface area contributed by atoms with Crippen molar-refractivity contribution in [3.63, 3.8) is 0 Å². The smallest absolute Gasteiger partial charge is 0.308 e. The summed E-state index contributed by atoms with van der Waals surface area (Å²) in [6, 6.07) is 8.35. The summed E-state index contributed by atoms with van der Waals surface area (Å²) in [4.78, 5) is 11.8. The number of nitriles is 1. The minimum absolute atomic E-state index is 0.103. The summed E-state index contributed by atoms with van der Waals surface area (Å²) in [7, 11) is 3.06.